The lowest BCUT2D eigenvalue weighted by atomic mass is 9.85. The van der Waals surface area contributed by atoms with Crippen LogP contribution in [-0.2, 0) is 9.59 Å². The largest absolute Gasteiger partial charge is 0.468 e. The lowest BCUT2D eigenvalue weighted by Gasteiger charge is -2.28. The van der Waals surface area contributed by atoms with E-state index in [0.717, 1.165) is 16.2 Å². The number of rotatable bonds is 7. The quantitative estimate of drug-likeness (QED) is 0.329. The molecule has 0 aliphatic carbocycles. The number of halogens is 2. The Morgan fingerprint density at radius 3 is 2.42 bits per heavy atom. The molecule has 0 unspecified atom stereocenters. The van der Waals surface area contributed by atoms with Crippen molar-refractivity contribution in [1.82, 2.24) is 5.32 Å². The molecule has 0 radical (unpaired) electrons. The summed E-state index contributed by atoms with van der Waals surface area (Å²) >= 11 is 4.52. The monoisotopic (exact) mass is 566 g/mol. The van der Waals surface area contributed by atoms with Gasteiger partial charge in [-0.05, 0) is 67.6 Å². The number of amides is 2. The first-order valence-electron chi connectivity index (χ1n) is 10.8. The van der Waals surface area contributed by atoms with Gasteiger partial charge in [-0.3, -0.25) is 9.59 Å². The minimum absolute atomic E-state index is 0.0405. The van der Waals surface area contributed by atoms with Crippen LogP contribution in [-0.4, -0.2) is 17.6 Å². The van der Waals surface area contributed by atoms with Crippen molar-refractivity contribution in [3.05, 3.63) is 105 Å². The number of thioether (sulfide) groups is 1. The number of anilines is 2. The summed E-state index contributed by atoms with van der Waals surface area (Å²) in [4.78, 5) is 25.8. The van der Waals surface area contributed by atoms with Gasteiger partial charge in [0.1, 0.15) is 11.6 Å². The van der Waals surface area contributed by atoms with Crippen LogP contribution in [0.1, 0.15) is 18.6 Å². The number of hydrogen-bond donors (Lipinski definition) is 3. The summed E-state index contributed by atoms with van der Waals surface area (Å²) in [5, 5.41) is 19.2. The van der Waals surface area contributed by atoms with E-state index in [4.69, 9.17) is 4.42 Å². The van der Waals surface area contributed by atoms with E-state index in [1.54, 1.807) is 31.2 Å². The lowest BCUT2D eigenvalue weighted by molar-refractivity contribution is -0.114. The van der Waals surface area contributed by atoms with Crippen LogP contribution in [0.25, 0.3) is 0 Å². The third-order valence-corrected chi connectivity index (χ3v) is 6.84. The maximum Gasteiger partial charge on any atom is 0.254 e. The summed E-state index contributed by atoms with van der Waals surface area (Å²) in [6.07, 6.45) is 1.47. The SMILES string of the molecule is CC1=C(C(=O)Nc2ccc(F)cc2)[C@H](c2ccco2)C(C#N)=C(SCC(=O)Nc2ccc(Br)cc2)N1. The number of furan rings is 1. The Labute approximate surface area is 219 Å². The summed E-state index contributed by atoms with van der Waals surface area (Å²) in [6.45, 7) is 1.71. The van der Waals surface area contributed by atoms with Gasteiger partial charge in [-0.1, -0.05) is 27.7 Å². The van der Waals surface area contributed by atoms with Gasteiger partial charge in [0.2, 0.25) is 5.91 Å². The van der Waals surface area contributed by atoms with Gasteiger partial charge in [0, 0.05) is 21.5 Å². The standard InChI is InChI=1S/C26H20BrFN4O3S/c1-15-23(25(34)32-19-10-6-17(28)7-11-19)24(21-3-2-12-35-21)20(13-29)26(30-15)36-14-22(33)31-18-8-4-16(27)5-9-18/h2-12,24,30H,14H2,1H3,(H,31,33)(H,32,34)/t24-/m0/s1. The number of carbonyl (C=O) groups is 2. The molecule has 0 spiro atoms. The van der Waals surface area contributed by atoms with Crippen LogP contribution in [0, 0.1) is 17.1 Å². The second-order valence-corrected chi connectivity index (χ2v) is 9.67. The molecule has 2 amide bonds. The minimum Gasteiger partial charge on any atom is -0.468 e. The van der Waals surface area contributed by atoms with Gasteiger partial charge < -0.3 is 20.4 Å². The fourth-order valence-electron chi connectivity index (χ4n) is 3.67. The van der Waals surface area contributed by atoms with Gasteiger partial charge in [-0.15, -0.1) is 0 Å². The van der Waals surface area contributed by atoms with E-state index < -0.39 is 17.6 Å². The summed E-state index contributed by atoms with van der Waals surface area (Å²) in [7, 11) is 0. The van der Waals surface area contributed by atoms with Gasteiger partial charge in [0.15, 0.2) is 0 Å². The highest BCUT2D eigenvalue weighted by Gasteiger charge is 2.36. The zero-order valence-electron chi connectivity index (χ0n) is 19.0. The van der Waals surface area contributed by atoms with Gasteiger partial charge in [0.25, 0.3) is 5.91 Å². The van der Waals surface area contributed by atoms with Crippen LogP contribution in [0.3, 0.4) is 0 Å². The van der Waals surface area contributed by atoms with Gasteiger partial charge in [0.05, 0.1) is 40.2 Å². The number of allylic oxidation sites excluding steroid dienone is 2. The Morgan fingerprint density at radius 2 is 1.78 bits per heavy atom. The first-order valence-corrected chi connectivity index (χ1v) is 12.5. The zero-order valence-corrected chi connectivity index (χ0v) is 21.4. The number of carbonyl (C=O) groups excluding carboxylic acids is 2. The summed E-state index contributed by atoms with van der Waals surface area (Å²) in [5.74, 6) is -1.46. The fourth-order valence-corrected chi connectivity index (χ4v) is 4.82. The van der Waals surface area contributed by atoms with E-state index in [1.165, 1.54) is 30.5 Å². The van der Waals surface area contributed by atoms with E-state index in [2.05, 4.69) is 37.9 Å². The van der Waals surface area contributed by atoms with E-state index in [9.17, 15) is 19.2 Å². The molecule has 3 N–H and O–H groups in total. The van der Waals surface area contributed by atoms with Crippen molar-refractivity contribution in [2.75, 3.05) is 16.4 Å². The highest BCUT2D eigenvalue weighted by atomic mass is 79.9. The number of benzene rings is 2. The van der Waals surface area contributed by atoms with Crippen LogP contribution < -0.4 is 16.0 Å². The van der Waals surface area contributed by atoms with Crippen LogP contribution in [0.4, 0.5) is 15.8 Å². The molecule has 1 aliphatic heterocycles. The Hall–Kier alpha value is -3.81. The highest BCUT2D eigenvalue weighted by molar-refractivity contribution is 9.10. The molecular weight excluding hydrogens is 547 g/mol. The minimum atomic E-state index is -0.788. The Kier molecular flexibility index (Phi) is 7.93. The van der Waals surface area contributed by atoms with Crippen LogP contribution in [0.5, 0.6) is 0 Å². The second-order valence-electron chi connectivity index (χ2n) is 7.77. The summed E-state index contributed by atoms with van der Waals surface area (Å²) < 4.78 is 19.8. The molecule has 10 heteroatoms. The molecule has 0 bridgehead atoms. The molecule has 1 atom stereocenters. The molecule has 0 saturated heterocycles. The molecule has 182 valence electrons. The van der Waals surface area contributed by atoms with Crippen LogP contribution in [0.2, 0.25) is 0 Å². The van der Waals surface area contributed by atoms with Crippen molar-refractivity contribution in [3.8, 4) is 6.07 Å². The van der Waals surface area contributed by atoms with Crippen molar-refractivity contribution in [3.63, 3.8) is 0 Å². The van der Waals surface area contributed by atoms with Gasteiger partial charge in [-0.2, -0.15) is 5.26 Å². The van der Waals surface area contributed by atoms with Gasteiger partial charge >= 0.3 is 0 Å². The molecule has 3 aromatic rings. The zero-order chi connectivity index (χ0) is 25.7. The molecule has 1 aliphatic rings. The summed E-state index contributed by atoms with van der Waals surface area (Å²) in [6, 6.07) is 18.1. The maximum absolute atomic E-state index is 13.3. The molecule has 2 heterocycles. The molecule has 0 saturated carbocycles. The fraction of sp³-hybridized carbons (Fsp3) is 0.115. The summed E-state index contributed by atoms with van der Waals surface area (Å²) in [5.41, 5.74) is 2.10. The molecule has 0 fully saturated rings. The number of nitrogens with one attached hydrogen (secondary N) is 3. The average molecular weight is 567 g/mol. The molecule has 1 aromatic heterocycles. The van der Waals surface area contributed by atoms with Crippen molar-refractivity contribution in [1.29, 1.82) is 5.26 Å². The normalized spacial score (nSPS) is 15.2. The third kappa shape index (κ3) is 5.87. The smallest absolute Gasteiger partial charge is 0.254 e. The van der Waals surface area contributed by atoms with Crippen molar-refractivity contribution >= 4 is 50.9 Å². The van der Waals surface area contributed by atoms with Crippen LogP contribution in [0.15, 0.2) is 97.7 Å². The topological polar surface area (TPSA) is 107 Å². The van der Waals surface area contributed by atoms with E-state index in [-0.39, 0.29) is 22.8 Å². The van der Waals surface area contributed by atoms with Crippen LogP contribution >= 0.6 is 27.7 Å². The number of hydrogen-bond acceptors (Lipinski definition) is 6. The van der Waals surface area contributed by atoms with Crippen molar-refractivity contribution < 1.29 is 18.4 Å². The Balaban J connectivity index is 1.57. The van der Waals surface area contributed by atoms with E-state index in [0.29, 0.717) is 27.9 Å². The van der Waals surface area contributed by atoms with Crippen molar-refractivity contribution in [2.24, 2.45) is 0 Å². The third-order valence-electron chi connectivity index (χ3n) is 5.30. The Bertz CT molecular complexity index is 1380. The van der Waals surface area contributed by atoms with Gasteiger partial charge in [-0.25, -0.2) is 4.39 Å². The molecule has 2 aromatic carbocycles. The second kappa shape index (κ2) is 11.3. The van der Waals surface area contributed by atoms with Crippen molar-refractivity contribution in [2.45, 2.75) is 12.8 Å². The highest BCUT2D eigenvalue weighted by Crippen LogP contribution is 2.41. The molecule has 4 rings (SSSR count). The number of nitrogens with zero attached hydrogens (tertiary/aromatic N) is 1. The molecular formula is C26H20BrFN4O3S. The Morgan fingerprint density at radius 1 is 1.11 bits per heavy atom. The predicted octanol–water partition coefficient (Wildman–Crippen LogP) is 5.89. The number of nitriles is 1. The lowest BCUT2D eigenvalue weighted by Crippen LogP contribution is -2.31. The van der Waals surface area contributed by atoms with E-state index in [1.807, 2.05) is 12.1 Å². The first kappa shape index (κ1) is 25.3. The first-order chi connectivity index (χ1) is 17.4. The maximum atomic E-state index is 13.3. The molecule has 36 heavy (non-hydrogen) atoms. The number of dihydropyridines is 1. The molecule has 7 nitrogen and oxygen atoms in total. The predicted molar refractivity (Wildman–Crippen MR) is 140 cm³/mol. The van der Waals surface area contributed by atoms with E-state index >= 15 is 0 Å². The average Bonchev–Trinajstić information content (AvgIpc) is 3.39.